The van der Waals surface area contributed by atoms with Gasteiger partial charge in [0.05, 0.1) is 24.5 Å². The van der Waals surface area contributed by atoms with Crippen molar-refractivity contribution < 1.29 is 19.1 Å². The molecule has 0 atom stereocenters. The van der Waals surface area contributed by atoms with E-state index in [1.807, 2.05) is 43.9 Å². The van der Waals surface area contributed by atoms with Gasteiger partial charge in [-0.15, -0.1) is 0 Å². The molecule has 0 radical (unpaired) electrons. The number of ketones is 2. The zero-order valence-corrected chi connectivity index (χ0v) is 20.9. The average molecular weight is 466 g/mol. The van der Waals surface area contributed by atoms with Crippen LogP contribution in [0.4, 0.5) is 5.69 Å². The Bertz CT molecular complexity index is 1170. The Hall–Kier alpha value is -2.93. The van der Waals surface area contributed by atoms with Gasteiger partial charge in [0.15, 0.2) is 11.6 Å². The first kappa shape index (κ1) is 24.2. The number of Topliss-reactive ketones (excluding diaryl/α,β-unsaturated/α-hetero) is 2. The molecule has 1 aliphatic heterocycles. The van der Waals surface area contributed by atoms with Gasteiger partial charge in [0, 0.05) is 62.2 Å². The first-order chi connectivity index (χ1) is 16.3. The molecule has 0 saturated carbocycles. The van der Waals surface area contributed by atoms with E-state index in [0.717, 1.165) is 60.3 Å². The average Bonchev–Trinajstić information content (AvgIpc) is 3.20. The van der Waals surface area contributed by atoms with Crippen LogP contribution in [-0.4, -0.2) is 54.3 Å². The summed E-state index contributed by atoms with van der Waals surface area (Å²) >= 11 is 0. The van der Waals surface area contributed by atoms with Crippen LogP contribution in [0.3, 0.4) is 0 Å². The number of carbonyl (C=O) groups is 2. The maximum absolute atomic E-state index is 13.5. The maximum Gasteiger partial charge on any atom is 0.166 e. The minimum Gasteiger partial charge on any atom is -0.496 e. The largest absolute Gasteiger partial charge is 0.496 e. The highest BCUT2D eigenvalue weighted by Crippen LogP contribution is 2.37. The Morgan fingerprint density at radius 2 is 2.03 bits per heavy atom. The van der Waals surface area contributed by atoms with Gasteiger partial charge in [-0.2, -0.15) is 5.10 Å². The van der Waals surface area contributed by atoms with Gasteiger partial charge in [0.1, 0.15) is 5.76 Å². The fourth-order valence-corrected chi connectivity index (χ4v) is 5.31. The number of ether oxygens (including phenoxy) is 2. The summed E-state index contributed by atoms with van der Waals surface area (Å²) in [5, 5.41) is 5.56. The molecule has 1 saturated heterocycles. The van der Waals surface area contributed by atoms with Crippen molar-refractivity contribution in [2.45, 2.75) is 58.9 Å². The molecule has 2 aromatic rings. The van der Waals surface area contributed by atoms with E-state index in [2.05, 4.69) is 16.9 Å². The second kappa shape index (κ2) is 10.1. The second-order valence-corrected chi connectivity index (χ2v) is 9.29. The number of benzene rings is 1. The Labute approximate surface area is 201 Å². The van der Waals surface area contributed by atoms with Crippen LogP contribution in [0.15, 0.2) is 35.2 Å². The van der Waals surface area contributed by atoms with Crippen LogP contribution in [0.1, 0.15) is 61.9 Å². The molecule has 4 rings (SSSR count). The van der Waals surface area contributed by atoms with E-state index >= 15 is 0 Å². The van der Waals surface area contributed by atoms with Crippen molar-refractivity contribution in [3.63, 3.8) is 0 Å². The van der Waals surface area contributed by atoms with E-state index < -0.39 is 0 Å². The first-order valence-electron chi connectivity index (χ1n) is 12.2. The smallest absolute Gasteiger partial charge is 0.166 e. The summed E-state index contributed by atoms with van der Waals surface area (Å²) in [6.45, 7) is 8.48. The van der Waals surface area contributed by atoms with E-state index in [-0.39, 0.29) is 18.0 Å². The third kappa shape index (κ3) is 4.53. The van der Waals surface area contributed by atoms with Crippen molar-refractivity contribution in [2.75, 3.05) is 31.8 Å². The minimum absolute atomic E-state index is 0.0342. The lowest BCUT2D eigenvalue weighted by Crippen LogP contribution is -2.40. The Morgan fingerprint density at radius 3 is 2.71 bits per heavy atom. The molecule has 1 aromatic heterocycles. The molecular weight excluding hydrogens is 430 g/mol. The molecule has 1 fully saturated rings. The Kier molecular flexibility index (Phi) is 7.22. The fourth-order valence-electron chi connectivity index (χ4n) is 5.31. The molecule has 1 aromatic carbocycles. The monoisotopic (exact) mass is 465 g/mol. The first-order valence-corrected chi connectivity index (χ1v) is 12.2. The van der Waals surface area contributed by atoms with Gasteiger partial charge in [0.2, 0.25) is 0 Å². The molecular formula is C27H35N3O4. The van der Waals surface area contributed by atoms with Crippen LogP contribution in [-0.2, 0) is 21.3 Å². The van der Waals surface area contributed by atoms with Crippen LogP contribution >= 0.6 is 0 Å². The molecule has 1 aliphatic carbocycles. The number of aromatic nitrogens is 2. The topological polar surface area (TPSA) is 73.7 Å². The molecule has 0 unspecified atom stereocenters. The van der Waals surface area contributed by atoms with Crippen molar-refractivity contribution in [1.29, 1.82) is 0 Å². The predicted octanol–water partition coefficient (Wildman–Crippen LogP) is 4.67. The van der Waals surface area contributed by atoms with Crippen molar-refractivity contribution >= 4 is 28.2 Å². The summed E-state index contributed by atoms with van der Waals surface area (Å²) in [5.41, 5.74) is 5.30. The molecule has 7 nitrogen and oxygen atoms in total. The van der Waals surface area contributed by atoms with E-state index in [9.17, 15) is 9.59 Å². The highest BCUT2D eigenvalue weighted by molar-refractivity contribution is 6.07. The fraction of sp³-hybridized carbons (Fsp3) is 0.519. The van der Waals surface area contributed by atoms with E-state index in [1.165, 1.54) is 0 Å². The summed E-state index contributed by atoms with van der Waals surface area (Å²) in [7, 11) is 3.48. The standard InChI is InChI=1S/C27H35N3O4/c1-6-30(19-9-11-34-12-10-19)27-18(3)21(15-23-22(27)16-28-29(23)4)24(31)8-7-20-25(32)13-17(2)14-26(20)33-5/h14-16,19H,6-13H2,1-5H3. The third-order valence-corrected chi connectivity index (χ3v) is 7.11. The summed E-state index contributed by atoms with van der Waals surface area (Å²) in [4.78, 5) is 28.6. The lowest BCUT2D eigenvalue weighted by molar-refractivity contribution is -0.115. The number of methoxy groups -OCH3 is 1. The predicted molar refractivity (Wildman–Crippen MR) is 133 cm³/mol. The molecule has 0 amide bonds. The number of allylic oxidation sites excluding steroid dienone is 3. The van der Waals surface area contributed by atoms with Crippen molar-refractivity contribution in [1.82, 2.24) is 9.78 Å². The molecule has 7 heteroatoms. The zero-order chi connectivity index (χ0) is 24.4. The highest BCUT2D eigenvalue weighted by Gasteiger charge is 2.27. The van der Waals surface area contributed by atoms with Crippen LogP contribution in [0.25, 0.3) is 10.9 Å². The maximum atomic E-state index is 13.5. The number of hydrogen-bond donors (Lipinski definition) is 0. The lowest BCUT2D eigenvalue weighted by atomic mass is 9.90. The molecule has 0 bridgehead atoms. The summed E-state index contributed by atoms with van der Waals surface area (Å²) < 4.78 is 12.9. The number of fused-ring (bicyclic) bond motifs is 1. The van der Waals surface area contributed by atoms with Gasteiger partial charge in [-0.05, 0) is 57.7 Å². The molecule has 182 valence electrons. The SMILES string of the molecule is CCN(c1c(C)c(C(=O)CCC2=C(OC)C=C(C)CC2=O)cc2c1cnn2C)C1CCOCC1. The minimum atomic E-state index is 0.0342. The quantitative estimate of drug-likeness (QED) is 0.528. The van der Waals surface area contributed by atoms with Crippen molar-refractivity contribution in [3.8, 4) is 0 Å². The summed E-state index contributed by atoms with van der Waals surface area (Å²) in [6.07, 6.45) is 6.76. The normalized spacial score (nSPS) is 17.3. The van der Waals surface area contributed by atoms with Crippen molar-refractivity contribution in [2.24, 2.45) is 7.05 Å². The van der Waals surface area contributed by atoms with Gasteiger partial charge < -0.3 is 14.4 Å². The molecule has 2 aliphatic rings. The van der Waals surface area contributed by atoms with Crippen LogP contribution < -0.4 is 4.90 Å². The lowest BCUT2D eigenvalue weighted by Gasteiger charge is -2.37. The number of carbonyl (C=O) groups excluding carboxylic acids is 2. The van der Waals surface area contributed by atoms with Crippen LogP contribution in [0, 0.1) is 6.92 Å². The number of rotatable bonds is 8. The Balaban J connectivity index is 1.70. The van der Waals surface area contributed by atoms with E-state index in [0.29, 0.717) is 35.8 Å². The van der Waals surface area contributed by atoms with Gasteiger partial charge in [-0.25, -0.2) is 0 Å². The van der Waals surface area contributed by atoms with Gasteiger partial charge in [-0.1, -0.05) is 5.57 Å². The third-order valence-electron chi connectivity index (χ3n) is 7.11. The molecule has 2 heterocycles. The highest BCUT2D eigenvalue weighted by atomic mass is 16.5. The van der Waals surface area contributed by atoms with Crippen LogP contribution in [0.5, 0.6) is 0 Å². The number of aryl methyl sites for hydroxylation is 1. The number of anilines is 1. The zero-order valence-electron chi connectivity index (χ0n) is 20.9. The van der Waals surface area contributed by atoms with E-state index in [1.54, 1.807) is 7.11 Å². The van der Waals surface area contributed by atoms with Crippen LogP contribution in [0.2, 0.25) is 0 Å². The summed E-state index contributed by atoms with van der Waals surface area (Å²) in [6, 6.07) is 2.33. The van der Waals surface area contributed by atoms with Gasteiger partial charge in [0.25, 0.3) is 0 Å². The molecule has 0 spiro atoms. The van der Waals surface area contributed by atoms with Gasteiger partial charge in [-0.3, -0.25) is 14.3 Å². The van der Waals surface area contributed by atoms with E-state index in [4.69, 9.17) is 9.47 Å². The van der Waals surface area contributed by atoms with Gasteiger partial charge >= 0.3 is 0 Å². The molecule has 34 heavy (non-hydrogen) atoms. The number of hydrogen-bond acceptors (Lipinski definition) is 6. The van der Waals surface area contributed by atoms with Crippen molar-refractivity contribution in [3.05, 3.63) is 46.4 Å². The molecule has 0 N–H and O–H groups in total. The summed E-state index contributed by atoms with van der Waals surface area (Å²) in [5.74, 6) is 0.658. The second-order valence-electron chi connectivity index (χ2n) is 9.29. The number of nitrogens with zero attached hydrogens (tertiary/aromatic N) is 3. The Morgan fingerprint density at radius 1 is 1.29 bits per heavy atom.